The van der Waals surface area contributed by atoms with E-state index in [1.165, 1.54) is 17.0 Å². The van der Waals surface area contributed by atoms with Gasteiger partial charge in [0.15, 0.2) is 0 Å². The molecule has 0 saturated heterocycles. The maximum atomic E-state index is 13.0. The Bertz CT molecular complexity index is 478. The molecule has 102 valence electrons. The molecule has 2 rings (SSSR count). The maximum absolute atomic E-state index is 13.0. The quantitative estimate of drug-likeness (QED) is 0.776. The van der Waals surface area contributed by atoms with E-state index in [0.29, 0.717) is 6.04 Å². The van der Waals surface area contributed by atoms with Crippen molar-refractivity contribution in [2.24, 2.45) is 0 Å². The van der Waals surface area contributed by atoms with Gasteiger partial charge in [0.2, 0.25) is 0 Å². The van der Waals surface area contributed by atoms with Crippen molar-refractivity contribution < 1.29 is 4.39 Å². The van der Waals surface area contributed by atoms with Crippen LogP contribution in [0.15, 0.2) is 41.8 Å². The molecule has 0 aliphatic carbocycles. The molecule has 1 heterocycles. The van der Waals surface area contributed by atoms with Crippen molar-refractivity contribution in [3.63, 3.8) is 0 Å². The average Bonchev–Trinajstić information content (AvgIpc) is 2.95. The van der Waals surface area contributed by atoms with E-state index in [1.54, 1.807) is 11.3 Å². The Morgan fingerprint density at radius 3 is 2.26 bits per heavy atom. The zero-order valence-corrected chi connectivity index (χ0v) is 12.2. The molecule has 2 atom stereocenters. The number of nitrogens with one attached hydrogen (secondary N) is 1. The van der Waals surface area contributed by atoms with Crippen LogP contribution in [0.1, 0.15) is 49.2 Å². The van der Waals surface area contributed by atoms with E-state index in [2.05, 4.69) is 36.7 Å². The second-order valence-electron chi connectivity index (χ2n) is 4.66. The SMILES string of the molecule is CCC(NC(CC)c1cccs1)c1ccc(F)cc1. The molecule has 1 aromatic heterocycles. The van der Waals surface area contributed by atoms with Gasteiger partial charge < -0.3 is 5.32 Å². The highest BCUT2D eigenvalue weighted by molar-refractivity contribution is 7.10. The minimum absolute atomic E-state index is 0.177. The predicted molar refractivity (Wildman–Crippen MR) is 79.9 cm³/mol. The summed E-state index contributed by atoms with van der Waals surface area (Å²) in [7, 11) is 0. The van der Waals surface area contributed by atoms with Crippen LogP contribution in [0.3, 0.4) is 0 Å². The van der Waals surface area contributed by atoms with Crippen LogP contribution in [-0.2, 0) is 0 Å². The van der Waals surface area contributed by atoms with Gasteiger partial charge in [0.05, 0.1) is 0 Å². The first-order valence-electron chi connectivity index (χ1n) is 6.79. The lowest BCUT2D eigenvalue weighted by Crippen LogP contribution is -2.25. The molecular formula is C16H20FNS. The van der Waals surface area contributed by atoms with Crippen LogP contribution in [0, 0.1) is 5.82 Å². The molecule has 2 aromatic rings. The third kappa shape index (κ3) is 3.64. The smallest absolute Gasteiger partial charge is 0.123 e. The predicted octanol–water partition coefficient (Wildman–Crippen LogP) is 5.08. The summed E-state index contributed by atoms with van der Waals surface area (Å²) < 4.78 is 13.0. The number of rotatable bonds is 6. The normalized spacial score (nSPS) is 14.3. The molecule has 0 aliphatic rings. The first kappa shape index (κ1) is 14.2. The first-order chi connectivity index (χ1) is 9.24. The second-order valence-corrected chi connectivity index (χ2v) is 5.63. The van der Waals surface area contributed by atoms with Crippen molar-refractivity contribution in [1.82, 2.24) is 5.32 Å². The second kappa shape index (κ2) is 6.83. The van der Waals surface area contributed by atoms with E-state index in [-0.39, 0.29) is 11.9 Å². The van der Waals surface area contributed by atoms with Crippen molar-refractivity contribution in [2.45, 2.75) is 38.8 Å². The molecule has 0 radical (unpaired) electrons. The molecule has 0 aliphatic heterocycles. The number of thiophene rings is 1. The van der Waals surface area contributed by atoms with Gasteiger partial charge in [-0.05, 0) is 42.0 Å². The maximum Gasteiger partial charge on any atom is 0.123 e. The molecule has 0 fully saturated rings. The molecule has 0 saturated carbocycles. The summed E-state index contributed by atoms with van der Waals surface area (Å²) in [4.78, 5) is 1.36. The summed E-state index contributed by atoms with van der Waals surface area (Å²) in [6.07, 6.45) is 2.05. The van der Waals surface area contributed by atoms with Gasteiger partial charge in [-0.3, -0.25) is 0 Å². The van der Waals surface area contributed by atoms with Crippen LogP contribution in [0.5, 0.6) is 0 Å². The molecular weight excluding hydrogens is 257 g/mol. The molecule has 0 spiro atoms. The van der Waals surface area contributed by atoms with Crippen molar-refractivity contribution in [1.29, 1.82) is 0 Å². The summed E-state index contributed by atoms with van der Waals surface area (Å²) in [5, 5.41) is 5.79. The highest BCUT2D eigenvalue weighted by Gasteiger charge is 2.16. The van der Waals surface area contributed by atoms with Gasteiger partial charge in [-0.25, -0.2) is 4.39 Å². The minimum atomic E-state index is -0.177. The van der Waals surface area contributed by atoms with E-state index >= 15 is 0 Å². The summed E-state index contributed by atoms with van der Waals surface area (Å²) in [6, 6.07) is 11.7. The fourth-order valence-corrected chi connectivity index (χ4v) is 3.15. The van der Waals surface area contributed by atoms with Gasteiger partial charge in [0.25, 0.3) is 0 Å². The van der Waals surface area contributed by atoms with Crippen LogP contribution in [0.2, 0.25) is 0 Å². The fraction of sp³-hybridized carbons (Fsp3) is 0.375. The molecule has 3 heteroatoms. The van der Waals surface area contributed by atoms with E-state index in [4.69, 9.17) is 0 Å². The molecule has 1 aromatic carbocycles. The molecule has 0 bridgehead atoms. The highest BCUT2D eigenvalue weighted by atomic mass is 32.1. The Balaban J connectivity index is 2.11. The van der Waals surface area contributed by atoms with E-state index in [1.807, 2.05) is 12.1 Å². The largest absolute Gasteiger partial charge is 0.302 e. The molecule has 1 N–H and O–H groups in total. The number of benzene rings is 1. The zero-order valence-electron chi connectivity index (χ0n) is 11.4. The molecule has 19 heavy (non-hydrogen) atoms. The summed E-state index contributed by atoms with van der Waals surface area (Å²) in [5.41, 5.74) is 1.15. The van der Waals surface area contributed by atoms with Crippen LogP contribution in [0.25, 0.3) is 0 Å². The Hall–Kier alpha value is -1.19. The third-order valence-corrected chi connectivity index (χ3v) is 4.36. The fourth-order valence-electron chi connectivity index (χ4n) is 2.28. The van der Waals surface area contributed by atoms with Gasteiger partial charge in [-0.15, -0.1) is 11.3 Å². The monoisotopic (exact) mass is 277 g/mol. The number of halogens is 1. The van der Waals surface area contributed by atoms with Crippen LogP contribution in [0.4, 0.5) is 4.39 Å². The Kier molecular flexibility index (Phi) is 5.11. The van der Waals surface area contributed by atoms with Gasteiger partial charge in [-0.1, -0.05) is 32.0 Å². The van der Waals surface area contributed by atoms with Crippen LogP contribution in [-0.4, -0.2) is 0 Å². The molecule has 1 nitrogen and oxygen atoms in total. The number of hydrogen-bond acceptors (Lipinski definition) is 2. The standard InChI is InChI=1S/C16H20FNS/c1-3-14(12-7-9-13(17)10-8-12)18-15(4-2)16-6-5-11-19-16/h5-11,14-15,18H,3-4H2,1-2H3. The van der Waals surface area contributed by atoms with E-state index in [0.717, 1.165) is 18.4 Å². The lowest BCUT2D eigenvalue weighted by molar-refractivity contribution is 0.430. The topological polar surface area (TPSA) is 12.0 Å². The Labute approximate surface area is 118 Å². The lowest BCUT2D eigenvalue weighted by atomic mass is 10.0. The summed E-state index contributed by atoms with van der Waals surface area (Å²) >= 11 is 1.78. The van der Waals surface area contributed by atoms with Crippen molar-refractivity contribution in [2.75, 3.05) is 0 Å². The van der Waals surface area contributed by atoms with Gasteiger partial charge in [0, 0.05) is 17.0 Å². The third-order valence-electron chi connectivity index (χ3n) is 3.38. The average molecular weight is 277 g/mol. The first-order valence-corrected chi connectivity index (χ1v) is 7.67. The van der Waals surface area contributed by atoms with Gasteiger partial charge in [-0.2, -0.15) is 0 Å². The summed E-state index contributed by atoms with van der Waals surface area (Å²) in [5.74, 6) is -0.177. The molecule has 0 amide bonds. The highest BCUT2D eigenvalue weighted by Crippen LogP contribution is 2.27. The molecule has 2 unspecified atom stereocenters. The van der Waals surface area contributed by atoms with E-state index in [9.17, 15) is 4.39 Å². The zero-order chi connectivity index (χ0) is 13.7. The van der Waals surface area contributed by atoms with Crippen molar-refractivity contribution in [3.8, 4) is 0 Å². The van der Waals surface area contributed by atoms with Crippen molar-refractivity contribution >= 4 is 11.3 Å². The Morgan fingerprint density at radius 2 is 1.74 bits per heavy atom. The van der Waals surface area contributed by atoms with E-state index < -0.39 is 0 Å². The number of hydrogen-bond donors (Lipinski definition) is 1. The van der Waals surface area contributed by atoms with Crippen LogP contribution >= 0.6 is 11.3 Å². The van der Waals surface area contributed by atoms with Crippen LogP contribution < -0.4 is 5.32 Å². The minimum Gasteiger partial charge on any atom is -0.302 e. The van der Waals surface area contributed by atoms with Gasteiger partial charge >= 0.3 is 0 Å². The van der Waals surface area contributed by atoms with Crippen molar-refractivity contribution in [3.05, 3.63) is 58.0 Å². The lowest BCUT2D eigenvalue weighted by Gasteiger charge is -2.24. The van der Waals surface area contributed by atoms with Gasteiger partial charge in [0.1, 0.15) is 5.82 Å². The Morgan fingerprint density at radius 1 is 1.05 bits per heavy atom. The summed E-state index contributed by atoms with van der Waals surface area (Å²) in [6.45, 7) is 4.34.